The normalized spacial score (nSPS) is 9.39. The number of carboxylic acid groups (broad SMARTS) is 1. The molecule has 102 valence electrons. The smallest absolute Gasteiger partial charge is 0.323 e. The van der Waals surface area contributed by atoms with Gasteiger partial charge in [0, 0.05) is 26.1 Å². The van der Waals surface area contributed by atoms with Crippen LogP contribution in [0, 0.1) is 0 Å². The number of carboxylic acids is 1. The van der Waals surface area contributed by atoms with Gasteiger partial charge < -0.3 is 20.6 Å². The van der Waals surface area contributed by atoms with Gasteiger partial charge in [0.05, 0.1) is 0 Å². The summed E-state index contributed by atoms with van der Waals surface area (Å²) in [5.41, 5.74) is 0. The van der Waals surface area contributed by atoms with Crippen molar-refractivity contribution >= 4 is 17.9 Å². The Morgan fingerprint density at radius 2 is 2.00 bits per heavy atom. The van der Waals surface area contributed by atoms with Crippen LogP contribution in [0.3, 0.4) is 0 Å². The summed E-state index contributed by atoms with van der Waals surface area (Å²) in [6, 6.07) is -0.526. The summed E-state index contributed by atoms with van der Waals surface area (Å²) in [6.07, 6.45) is 1.60. The molecule has 7 nitrogen and oxygen atoms in total. The second-order valence-corrected chi connectivity index (χ2v) is 3.50. The summed E-state index contributed by atoms with van der Waals surface area (Å²) in [7, 11) is 0. The third-order valence-corrected chi connectivity index (χ3v) is 1.97. The molecule has 0 saturated heterocycles. The molecular weight excluding hydrogens is 238 g/mol. The molecule has 0 bridgehead atoms. The Labute approximate surface area is 106 Å². The molecule has 0 aliphatic rings. The van der Waals surface area contributed by atoms with Gasteiger partial charge in [-0.15, -0.1) is 6.58 Å². The molecule has 0 heterocycles. The number of hydrogen-bond acceptors (Lipinski definition) is 3. The lowest BCUT2D eigenvalue weighted by Crippen LogP contribution is -2.43. The number of carbonyl (C=O) groups is 3. The van der Waals surface area contributed by atoms with Gasteiger partial charge in [0.2, 0.25) is 5.91 Å². The molecule has 0 fully saturated rings. The largest absolute Gasteiger partial charge is 0.480 e. The van der Waals surface area contributed by atoms with Crippen molar-refractivity contribution in [2.24, 2.45) is 0 Å². The van der Waals surface area contributed by atoms with Crippen molar-refractivity contribution in [3.63, 3.8) is 0 Å². The molecule has 0 aromatic carbocycles. The summed E-state index contributed by atoms with van der Waals surface area (Å²) in [4.78, 5) is 34.3. The second kappa shape index (κ2) is 9.03. The molecular formula is C11H19N3O4. The number of aliphatic carboxylic acids is 1. The SMILES string of the molecule is C=CCN(CC(=O)O)C(=O)NCCC(=O)NCC. The zero-order valence-electron chi connectivity index (χ0n) is 10.4. The van der Waals surface area contributed by atoms with E-state index in [0.717, 1.165) is 4.90 Å². The van der Waals surface area contributed by atoms with Gasteiger partial charge >= 0.3 is 12.0 Å². The first-order valence-electron chi connectivity index (χ1n) is 5.63. The molecule has 0 aliphatic carbocycles. The summed E-state index contributed by atoms with van der Waals surface area (Å²) in [5.74, 6) is -1.26. The van der Waals surface area contributed by atoms with E-state index in [9.17, 15) is 14.4 Å². The molecule has 0 rings (SSSR count). The van der Waals surface area contributed by atoms with Crippen LogP contribution in [0.5, 0.6) is 0 Å². The maximum absolute atomic E-state index is 11.6. The zero-order chi connectivity index (χ0) is 14.0. The average Bonchev–Trinajstić information content (AvgIpc) is 2.28. The highest BCUT2D eigenvalue weighted by Crippen LogP contribution is 1.91. The van der Waals surface area contributed by atoms with Crippen LogP contribution in [0.15, 0.2) is 12.7 Å². The molecule has 18 heavy (non-hydrogen) atoms. The Bertz CT molecular complexity index is 317. The van der Waals surface area contributed by atoms with E-state index in [-0.39, 0.29) is 25.4 Å². The predicted octanol–water partition coefficient (Wildman–Crippen LogP) is -0.205. The Morgan fingerprint density at radius 3 is 2.50 bits per heavy atom. The van der Waals surface area contributed by atoms with Gasteiger partial charge in [0.1, 0.15) is 6.54 Å². The first kappa shape index (κ1) is 16.0. The highest BCUT2D eigenvalue weighted by Gasteiger charge is 2.14. The second-order valence-electron chi connectivity index (χ2n) is 3.50. The third-order valence-electron chi connectivity index (χ3n) is 1.97. The van der Waals surface area contributed by atoms with Crippen LogP contribution < -0.4 is 10.6 Å². The van der Waals surface area contributed by atoms with Crippen molar-refractivity contribution in [1.82, 2.24) is 15.5 Å². The van der Waals surface area contributed by atoms with Crippen LogP contribution in [0.4, 0.5) is 4.79 Å². The number of nitrogens with one attached hydrogen (secondary N) is 2. The third kappa shape index (κ3) is 7.26. The van der Waals surface area contributed by atoms with Gasteiger partial charge in [-0.3, -0.25) is 9.59 Å². The minimum Gasteiger partial charge on any atom is -0.480 e. The maximum atomic E-state index is 11.6. The topological polar surface area (TPSA) is 98.7 Å². The Hall–Kier alpha value is -2.05. The van der Waals surface area contributed by atoms with E-state index in [1.165, 1.54) is 6.08 Å². The molecule has 0 radical (unpaired) electrons. The van der Waals surface area contributed by atoms with E-state index in [1.54, 1.807) is 6.92 Å². The van der Waals surface area contributed by atoms with Gasteiger partial charge in [-0.2, -0.15) is 0 Å². The summed E-state index contributed by atoms with van der Waals surface area (Å²) in [6.45, 7) is 5.68. The Balaban J connectivity index is 4.06. The van der Waals surface area contributed by atoms with Gasteiger partial charge in [0.25, 0.3) is 0 Å². The average molecular weight is 257 g/mol. The van der Waals surface area contributed by atoms with Crippen molar-refractivity contribution in [3.05, 3.63) is 12.7 Å². The van der Waals surface area contributed by atoms with Gasteiger partial charge in [-0.05, 0) is 6.92 Å². The van der Waals surface area contributed by atoms with Gasteiger partial charge in [-0.1, -0.05) is 6.08 Å². The first-order chi connectivity index (χ1) is 8.51. The number of urea groups is 1. The van der Waals surface area contributed by atoms with E-state index in [1.807, 2.05) is 0 Å². The van der Waals surface area contributed by atoms with Crippen LogP contribution in [-0.4, -0.2) is 54.1 Å². The maximum Gasteiger partial charge on any atom is 0.323 e. The number of rotatable bonds is 8. The number of carbonyl (C=O) groups excluding carboxylic acids is 2. The van der Waals surface area contributed by atoms with E-state index in [2.05, 4.69) is 17.2 Å². The molecule has 0 spiro atoms. The fraction of sp³-hybridized carbons (Fsp3) is 0.545. The van der Waals surface area contributed by atoms with Crippen molar-refractivity contribution in [3.8, 4) is 0 Å². The van der Waals surface area contributed by atoms with Crippen LogP contribution in [0.25, 0.3) is 0 Å². The molecule has 0 atom stereocenters. The molecule has 0 unspecified atom stereocenters. The summed E-state index contributed by atoms with van der Waals surface area (Å²) < 4.78 is 0. The van der Waals surface area contributed by atoms with E-state index < -0.39 is 18.5 Å². The molecule has 0 saturated carbocycles. The van der Waals surface area contributed by atoms with Crippen molar-refractivity contribution in [2.45, 2.75) is 13.3 Å². The van der Waals surface area contributed by atoms with Crippen molar-refractivity contribution in [2.75, 3.05) is 26.2 Å². The van der Waals surface area contributed by atoms with E-state index in [4.69, 9.17) is 5.11 Å². The van der Waals surface area contributed by atoms with Gasteiger partial charge in [0.15, 0.2) is 0 Å². The fourth-order valence-corrected chi connectivity index (χ4v) is 1.22. The fourth-order valence-electron chi connectivity index (χ4n) is 1.22. The monoisotopic (exact) mass is 257 g/mol. The lowest BCUT2D eigenvalue weighted by atomic mass is 10.4. The number of amides is 3. The molecule has 0 aromatic heterocycles. The van der Waals surface area contributed by atoms with E-state index >= 15 is 0 Å². The van der Waals surface area contributed by atoms with E-state index in [0.29, 0.717) is 6.54 Å². The Morgan fingerprint density at radius 1 is 1.33 bits per heavy atom. The molecule has 0 aromatic rings. The minimum absolute atomic E-state index is 0.138. The van der Waals surface area contributed by atoms with Crippen LogP contribution in [0.1, 0.15) is 13.3 Å². The highest BCUT2D eigenvalue weighted by molar-refractivity contribution is 5.81. The molecule has 3 amide bonds. The lowest BCUT2D eigenvalue weighted by molar-refractivity contribution is -0.137. The predicted molar refractivity (Wildman–Crippen MR) is 66.1 cm³/mol. The molecule has 0 aliphatic heterocycles. The lowest BCUT2D eigenvalue weighted by Gasteiger charge is -2.19. The van der Waals surface area contributed by atoms with Crippen LogP contribution in [-0.2, 0) is 9.59 Å². The highest BCUT2D eigenvalue weighted by atomic mass is 16.4. The molecule has 7 heteroatoms. The quantitative estimate of drug-likeness (QED) is 0.524. The van der Waals surface area contributed by atoms with Crippen molar-refractivity contribution < 1.29 is 19.5 Å². The Kier molecular flexibility index (Phi) is 8.00. The number of nitrogens with zero attached hydrogens (tertiary/aromatic N) is 1. The van der Waals surface area contributed by atoms with Crippen LogP contribution in [0.2, 0.25) is 0 Å². The summed E-state index contributed by atoms with van der Waals surface area (Å²) >= 11 is 0. The standard InChI is InChI=1S/C11H19N3O4/c1-3-7-14(8-10(16)17)11(18)13-6-5-9(15)12-4-2/h3H,1,4-8H2,2H3,(H,12,15)(H,13,18)(H,16,17). The van der Waals surface area contributed by atoms with Crippen LogP contribution >= 0.6 is 0 Å². The summed E-state index contributed by atoms with van der Waals surface area (Å²) in [5, 5.41) is 13.7. The number of hydrogen-bond donors (Lipinski definition) is 3. The minimum atomic E-state index is -1.10. The van der Waals surface area contributed by atoms with Gasteiger partial charge in [-0.25, -0.2) is 4.79 Å². The first-order valence-corrected chi connectivity index (χ1v) is 5.63. The molecule has 3 N–H and O–H groups in total. The van der Waals surface area contributed by atoms with Crippen molar-refractivity contribution in [1.29, 1.82) is 0 Å². The zero-order valence-corrected chi connectivity index (χ0v) is 10.4.